The largest absolute Gasteiger partial charge is 0.480 e. The van der Waals surface area contributed by atoms with E-state index in [1.165, 1.54) is 38.5 Å². The Kier molecular flexibility index (Phi) is 24.8. The minimum Gasteiger partial charge on any atom is -0.480 e. The summed E-state index contributed by atoms with van der Waals surface area (Å²) in [5, 5.41) is 21.3. The average Bonchev–Trinajstić information content (AvgIpc) is 2.93. The van der Waals surface area contributed by atoms with E-state index in [0.717, 1.165) is 44.9 Å². The first kappa shape index (κ1) is 39.2. The number of hydrogen-bond donors (Lipinski definition) is 4. The third kappa shape index (κ3) is 25.6. The van der Waals surface area contributed by atoms with Crippen LogP contribution >= 0.6 is 7.82 Å². The van der Waals surface area contributed by atoms with E-state index >= 15 is 0 Å². The number of phosphoric ester groups is 1. The molecule has 0 aliphatic rings. The van der Waals surface area contributed by atoms with Crippen LogP contribution in [-0.4, -0.2) is 64.9 Å². The normalized spacial score (nSPS) is 14.4. The number of phosphoric acid groups is 1. The minimum atomic E-state index is -4.72. The van der Waals surface area contributed by atoms with Crippen LogP contribution < -0.4 is 5.32 Å². The van der Waals surface area contributed by atoms with Crippen molar-refractivity contribution in [3.05, 3.63) is 12.2 Å². The number of carboxylic acid groups (broad SMARTS) is 1. The molecular formula is C29H54NO10P. The number of nitrogens with one attached hydrogen (secondary N) is 1. The Hall–Kier alpha value is -1.78. The highest BCUT2D eigenvalue weighted by atomic mass is 31.2. The fraction of sp³-hybridized carbons (Fsp3) is 0.828. The first-order chi connectivity index (χ1) is 19.6. The van der Waals surface area contributed by atoms with Gasteiger partial charge >= 0.3 is 19.8 Å². The monoisotopic (exact) mass is 607 g/mol. The lowest BCUT2D eigenvalue weighted by molar-refractivity contribution is -0.147. The Morgan fingerprint density at radius 3 is 1.88 bits per heavy atom. The summed E-state index contributed by atoms with van der Waals surface area (Å²) >= 11 is 0. The molecule has 0 saturated heterocycles. The fourth-order valence-corrected chi connectivity index (χ4v) is 4.59. The molecule has 3 atom stereocenters. The molecule has 41 heavy (non-hydrogen) atoms. The molecule has 0 aliphatic heterocycles. The van der Waals surface area contributed by atoms with Gasteiger partial charge in [0.1, 0.15) is 12.7 Å². The molecule has 3 unspecified atom stereocenters. The van der Waals surface area contributed by atoms with Crippen molar-refractivity contribution in [3.8, 4) is 0 Å². The van der Waals surface area contributed by atoms with E-state index in [0.29, 0.717) is 12.8 Å². The van der Waals surface area contributed by atoms with Crippen molar-refractivity contribution < 1.29 is 47.8 Å². The average molecular weight is 608 g/mol. The third-order valence-electron chi connectivity index (χ3n) is 6.30. The summed E-state index contributed by atoms with van der Waals surface area (Å²) in [6.45, 7) is 2.21. The molecule has 4 N–H and O–H groups in total. The molecule has 0 saturated carbocycles. The van der Waals surface area contributed by atoms with E-state index < -0.39 is 57.6 Å². The quantitative estimate of drug-likeness (QED) is 0.0368. The molecule has 0 radical (unpaired) electrons. The number of carboxylic acids is 1. The summed E-state index contributed by atoms with van der Waals surface area (Å²) in [4.78, 5) is 44.6. The van der Waals surface area contributed by atoms with Crippen LogP contribution in [0.4, 0.5) is 0 Å². The zero-order chi connectivity index (χ0) is 30.8. The number of carbonyl (C=O) groups is 3. The molecule has 0 aromatic rings. The third-order valence-corrected chi connectivity index (χ3v) is 7.26. The first-order valence-corrected chi connectivity index (χ1v) is 16.7. The highest BCUT2D eigenvalue weighted by Crippen LogP contribution is 2.43. The van der Waals surface area contributed by atoms with Crippen molar-refractivity contribution in [2.75, 3.05) is 19.8 Å². The number of aliphatic hydroxyl groups is 1. The van der Waals surface area contributed by atoms with Gasteiger partial charge in [-0.15, -0.1) is 0 Å². The SMILES string of the molecule is CCCCCCCC/C=C\CCCCCCCC(=O)OCC(O)COP(=O)(O)OCC(NC(=O)CCCC)C(=O)O. The Balaban J connectivity index is 3.88. The van der Waals surface area contributed by atoms with Crippen molar-refractivity contribution in [2.45, 2.75) is 135 Å². The van der Waals surface area contributed by atoms with Gasteiger partial charge in [0.25, 0.3) is 0 Å². The minimum absolute atomic E-state index is 0.121. The van der Waals surface area contributed by atoms with E-state index in [2.05, 4.69) is 33.4 Å². The second-order valence-electron chi connectivity index (χ2n) is 10.3. The van der Waals surface area contributed by atoms with Gasteiger partial charge in [0.15, 0.2) is 6.04 Å². The number of rotatable bonds is 28. The van der Waals surface area contributed by atoms with Crippen LogP contribution in [0.3, 0.4) is 0 Å². The number of amides is 1. The van der Waals surface area contributed by atoms with Crippen LogP contribution in [-0.2, 0) is 32.7 Å². The Labute approximate surface area is 246 Å². The Bertz CT molecular complexity index is 777. The maximum absolute atomic E-state index is 12.0. The van der Waals surface area contributed by atoms with Crippen molar-refractivity contribution in [2.24, 2.45) is 0 Å². The van der Waals surface area contributed by atoms with Crippen molar-refractivity contribution in [1.82, 2.24) is 5.32 Å². The van der Waals surface area contributed by atoms with Gasteiger partial charge in [-0.3, -0.25) is 18.6 Å². The molecule has 0 spiro atoms. The molecule has 0 aromatic heterocycles. The van der Waals surface area contributed by atoms with Crippen LogP contribution in [0.2, 0.25) is 0 Å². The molecule has 1 amide bonds. The number of aliphatic hydroxyl groups excluding tert-OH is 1. The van der Waals surface area contributed by atoms with Gasteiger partial charge in [0.05, 0.1) is 13.2 Å². The van der Waals surface area contributed by atoms with Crippen LogP contribution in [0, 0.1) is 0 Å². The van der Waals surface area contributed by atoms with Crippen LogP contribution in [0.15, 0.2) is 12.2 Å². The molecule has 0 bridgehead atoms. The number of hydrogen-bond acceptors (Lipinski definition) is 8. The molecule has 11 nitrogen and oxygen atoms in total. The lowest BCUT2D eigenvalue weighted by Gasteiger charge is -2.18. The second-order valence-corrected chi connectivity index (χ2v) is 11.7. The summed E-state index contributed by atoms with van der Waals surface area (Å²) in [6, 6.07) is -1.54. The van der Waals surface area contributed by atoms with E-state index in [-0.39, 0.29) is 12.8 Å². The number of ether oxygens (including phenoxy) is 1. The van der Waals surface area contributed by atoms with Crippen LogP contribution in [0.5, 0.6) is 0 Å². The number of esters is 1. The molecule has 0 rings (SSSR count). The van der Waals surface area contributed by atoms with Gasteiger partial charge in [0, 0.05) is 12.8 Å². The standard InChI is InChI=1S/C29H54NO10P/c1-3-5-7-8-9-10-11-12-13-14-15-16-17-18-19-21-28(33)38-22-25(31)23-39-41(36,37)40-24-26(29(34)35)30-27(32)20-6-4-2/h12-13,25-26,31H,3-11,14-24H2,1-2H3,(H,30,32)(H,34,35)(H,36,37)/b13-12-. The molecule has 0 aliphatic carbocycles. The van der Waals surface area contributed by atoms with Gasteiger partial charge in [-0.05, 0) is 38.5 Å². The number of carbonyl (C=O) groups excluding carboxylic acids is 2. The maximum atomic E-state index is 12.0. The number of allylic oxidation sites excluding steroid dienone is 2. The smallest absolute Gasteiger partial charge is 0.472 e. The number of aliphatic carboxylic acids is 1. The lowest BCUT2D eigenvalue weighted by atomic mass is 10.1. The van der Waals surface area contributed by atoms with Gasteiger partial charge in [0.2, 0.25) is 5.91 Å². The summed E-state index contributed by atoms with van der Waals surface area (Å²) in [5.74, 6) is -2.43. The van der Waals surface area contributed by atoms with Gasteiger partial charge < -0.3 is 25.2 Å². The number of unbranched alkanes of at least 4 members (excludes halogenated alkanes) is 12. The van der Waals surface area contributed by atoms with E-state index in [1.54, 1.807) is 0 Å². The fourth-order valence-electron chi connectivity index (χ4n) is 3.81. The summed E-state index contributed by atoms with van der Waals surface area (Å²) in [6.07, 6.45) is 19.8. The summed E-state index contributed by atoms with van der Waals surface area (Å²) in [5.41, 5.74) is 0. The van der Waals surface area contributed by atoms with E-state index in [4.69, 9.17) is 9.84 Å². The lowest BCUT2D eigenvalue weighted by Crippen LogP contribution is -2.43. The zero-order valence-corrected chi connectivity index (χ0v) is 26.0. The van der Waals surface area contributed by atoms with Crippen LogP contribution in [0.1, 0.15) is 123 Å². The van der Waals surface area contributed by atoms with Gasteiger partial charge in [-0.2, -0.15) is 0 Å². The van der Waals surface area contributed by atoms with Crippen molar-refractivity contribution >= 4 is 25.7 Å². The van der Waals surface area contributed by atoms with Crippen molar-refractivity contribution in [1.29, 1.82) is 0 Å². The molecule has 0 heterocycles. The molecule has 0 fully saturated rings. The molecule has 12 heteroatoms. The predicted molar refractivity (Wildman–Crippen MR) is 157 cm³/mol. The predicted octanol–water partition coefficient (Wildman–Crippen LogP) is 5.82. The highest BCUT2D eigenvalue weighted by molar-refractivity contribution is 7.47. The highest BCUT2D eigenvalue weighted by Gasteiger charge is 2.28. The van der Waals surface area contributed by atoms with Crippen LogP contribution in [0.25, 0.3) is 0 Å². The zero-order valence-electron chi connectivity index (χ0n) is 25.1. The Morgan fingerprint density at radius 1 is 0.756 bits per heavy atom. The molecule has 0 aromatic carbocycles. The summed E-state index contributed by atoms with van der Waals surface area (Å²) < 4.78 is 26.3. The Morgan fingerprint density at radius 2 is 1.29 bits per heavy atom. The van der Waals surface area contributed by atoms with Crippen molar-refractivity contribution in [3.63, 3.8) is 0 Å². The summed E-state index contributed by atoms with van der Waals surface area (Å²) in [7, 11) is -4.72. The molecular weight excluding hydrogens is 553 g/mol. The maximum Gasteiger partial charge on any atom is 0.472 e. The van der Waals surface area contributed by atoms with Gasteiger partial charge in [-0.1, -0.05) is 83.8 Å². The molecule has 240 valence electrons. The second kappa shape index (κ2) is 25.9. The van der Waals surface area contributed by atoms with E-state index in [9.17, 15) is 28.9 Å². The van der Waals surface area contributed by atoms with Gasteiger partial charge in [-0.25, -0.2) is 9.36 Å². The first-order valence-electron chi connectivity index (χ1n) is 15.2. The topological polar surface area (TPSA) is 169 Å². The van der Waals surface area contributed by atoms with E-state index in [1.807, 2.05) is 6.92 Å².